The summed E-state index contributed by atoms with van der Waals surface area (Å²) >= 11 is 0. The van der Waals surface area contributed by atoms with Crippen molar-refractivity contribution in [1.29, 1.82) is 0 Å². The average Bonchev–Trinajstić information content (AvgIpc) is 3.31. The number of aromatic amines is 1. The number of carboxylic acids is 3. The lowest BCUT2D eigenvalue weighted by molar-refractivity contribution is -0.145. The van der Waals surface area contributed by atoms with E-state index in [1.165, 1.54) is 12.5 Å². The van der Waals surface area contributed by atoms with Gasteiger partial charge in [0, 0.05) is 24.7 Å². The van der Waals surface area contributed by atoms with Crippen LogP contribution in [0.5, 0.6) is 0 Å². The van der Waals surface area contributed by atoms with E-state index in [4.69, 9.17) is 10.8 Å². The second-order valence-corrected chi connectivity index (χ2v) is 8.25. The first kappa shape index (κ1) is 30.0. The second kappa shape index (κ2) is 14.4. The third-order valence-corrected chi connectivity index (χ3v) is 5.41. The second-order valence-electron chi connectivity index (χ2n) is 8.25. The molecule has 1 aromatic rings. The summed E-state index contributed by atoms with van der Waals surface area (Å²) in [6.07, 6.45) is 1.54. The number of H-pyrrole nitrogens is 1. The van der Waals surface area contributed by atoms with Crippen molar-refractivity contribution in [2.75, 3.05) is 0 Å². The zero-order chi connectivity index (χ0) is 27.4. The fourth-order valence-corrected chi connectivity index (χ4v) is 3.11. The van der Waals surface area contributed by atoms with Gasteiger partial charge in [-0.05, 0) is 12.3 Å². The maximum absolute atomic E-state index is 13.0. The average molecular weight is 513 g/mol. The van der Waals surface area contributed by atoms with Crippen LogP contribution in [0.2, 0.25) is 0 Å². The van der Waals surface area contributed by atoms with Crippen LogP contribution in [0.1, 0.15) is 45.2 Å². The maximum atomic E-state index is 13.0. The third kappa shape index (κ3) is 10.1. The van der Waals surface area contributed by atoms with Crippen LogP contribution >= 0.6 is 0 Å². The smallest absolute Gasteiger partial charge is 0.326 e. The number of nitrogens with two attached hydrogens (primary N) is 1. The number of carbonyl (C=O) groups excluding carboxylic acids is 3. The van der Waals surface area contributed by atoms with Gasteiger partial charge < -0.3 is 42.0 Å². The Bertz CT molecular complexity index is 936. The Kier molecular flexibility index (Phi) is 12.0. The van der Waals surface area contributed by atoms with Gasteiger partial charge in [-0.3, -0.25) is 24.0 Å². The summed E-state index contributed by atoms with van der Waals surface area (Å²) in [5.74, 6) is -7.20. The minimum Gasteiger partial charge on any atom is -0.481 e. The Morgan fingerprint density at radius 2 is 1.58 bits per heavy atom. The molecule has 0 saturated heterocycles. The zero-order valence-corrected chi connectivity index (χ0v) is 19.9. The Labute approximate surface area is 206 Å². The molecular weight excluding hydrogens is 480 g/mol. The molecule has 1 heterocycles. The van der Waals surface area contributed by atoms with E-state index in [0.717, 1.165) is 0 Å². The molecule has 0 aliphatic rings. The number of amides is 3. The molecule has 1 rings (SSSR count). The Morgan fingerprint density at radius 1 is 0.972 bits per heavy atom. The topological polar surface area (TPSA) is 254 Å². The molecule has 0 saturated carbocycles. The fraction of sp³-hybridized carbons (Fsp3) is 0.571. The summed E-state index contributed by atoms with van der Waals surface area (Å²) in [6.45, 7) is 3.31. The molecule has 0 aliphatic heterocycles. The van der Waals surface area contributed by atoms with Crippen LogP contribution in [0.4, 0.5) is 0 Å². The molecule has 15 heteroatoms. The van der Waals surface area contributed by atoms with Crippen LogP contribution in [0.25, 0.3) is 0 Å². The van der Waals surface area contributed by atoms with E-state index in [0.29, 0.717) is 12.1 Å². The quantitative estimate of drug-likeness (QED) is 0.123. The summed E-state index contributed by atoms with van der Waals surface area (Å²) in [4.78, 5) is 78.4. The number of rotatable bonds is 16. The summed E-state index contributed by atoms with van der Waals surface area (Å²) in [5, 5.41) is 34.3. The molecule has 36 heavy (non-hydrogen) atoms. The number of carbonyl (C=O) groups is 6. The molecule has 0 fully saturated rings. The Hall–Kier alpha value is -4.01. The highest BCUT2D eigenvalue weighted by molar-refractivity contribution is 5.95. The Balaban J connectivity index is 3.07. The number of hydrogen-bond donors (Lipinski definition) is 8. The standard InChI is InChI=1S/C21H32N6O9/c1-3-10(2)17(21(35)36)27-20(34)14(7-16(30)31)26-19(33)13(6-11-8-23-9-24-11)25-18(32)12(22)4-5-15(28)29/h8-10,12-14,17H,3-7,22H2,1-2H3,(H,23,24)(H,25,32)(H,26,33)(H,27,34)(H,28,29)(H,30,31)(H,35,36). The molecule has 5 atom stereocenters. The van der Waals surface area contributed by atoms with Crippen LogP contribution in [0.3, 0.4) is 0 Å². The van der Waals surface area contributed by atoms with E-state index in [1.54, 1.807) is 13.8 Å². The predicted octanol–water partition coefficient (Wildman–Crippen LogP) is -1.80. The van der Waals surface area contributed by atoms with E-state index in [1.807, 2.05) is 0 Å². The number of aliphatic carboxylic acids is 3. The molecule has 0 radical (unpaired) electrons. The van der Waals surface area contributed by atoms with Crippen molar-refractivity contribution in [3.8, 4) is 0 Å². The normalized spacial score (nSPS) is 15.0. The van der Waals surface area contributed by atoms with Gasteiger partial charge in [-0.1, -0.05) is 20.3 Å². The highest BCUT2D eigenvalue weighted by atomic mass is 16.4. The fourth-order valence-electron chi connectivity index (χ4n) is 3.11. The van der Waals surface area contributed by atoms with Crippen molar-refractivity contribution >= 4 is 35.6 Å². The van der Waals surface area contributed by atoms with Gasteiger partial charge in [0.05, 0.1) is 18.8 Å². The molecular formula is C21H32N6O9. The summed E-state index contributed by atoms with van der Waals surface area (Å²) < 4.78 is 0. The first-order valence-corrected chi connectivity index (χ1v) is 11.2. The molecule has 15 nitrogen and oxygen atoms in total. The number of carboxylic acid groups (broad SMARTS) is 3. The van der Waals surface area contributed by atoms with Gasteiger partial charge in [0.1, 0.15) is 18.1 Å². The number of nitrogens with one attached hydrogen (secondary N) is 4. The van der Waals surface area contributed by atoms with Crippen LogP contribution in [0, 0.1) is 5.92 Å². The van der Waals surface area contributed by atoms with Crippen molar-refractivity contribution in [2.24, 2.45) is 11.7 Å². The molecule has 0 aliphatic carbocycles. The monoisotopic (exact) mass is 512 g/mol. The maximum Gasteiger partial charge on any atom is 0.326 e. The molecule has 3 amide bonds. The molecule has 5 unspecified atom stereocenters. The van der Waals surface area contributed by atoms with Crippen molar-refractivity contribution in [1.82, 2.24) is 25.9 Å². The van der Waals surface area contributed by atoms with Crippen molar-refractivity contribution in [3.05, 3.63) is 18.2 Å². The van der Waals surface area contributed by atoms with Crippen LogP contribution < -0.4 is 21.7 Å². The molecule has 9 N–H and O–H groups in total. The van der Waals surface area contributed by atoms with Gasteiger partial charge >= 0.3 is 17.9 Å². The van der Waals surface area contributed by atoms with Crippen LogP contribution in [-0.4, -0.2) is 85.1 Å². The van der Waals surface area contributed by atoms with E-state index in [9.17, 15) is 39.0 Å². The highest BCUT2D eigenvalue weighted by Crippen LogP contribution is 2.09. The number of imidazole rings is 1. The summed E-state index contributed by atoms with van der Waals surface area (Å²) in [5.41, 5.74) is 6.12. The van der Waals surface area contributed by atoms with Crippen molar-refractivity contribution < 1.29 is 44.1 Å². The van der Waals surface area contributed by atoms with E-state index in [-0.39, 0.29) is 19.3 Å². The van der Waals surface area contributed by atoms with Gasteiger partial charge in [0.25, 0.3) is 0 Å². The van der Waals surface area contributed by atoms with E-state index >= 15 is 0 Å². The van der Waals surface area contributed by atoms with Crippen LogP contribution in [-0.2, 0) is 35.2 Å². The molecule has 0 bridgehead atoms. The molecule has 0 spiro atoms. The minimum absolute atomic E-state index is 0.144. The predicted molar refractivity (Wildman–Crippen MR) is 122 cm³/mol. The van der Waals surface area contributed by atoms with Gasteiger partial charge in [-0.15, -0.1) is 0 Å². The first-order valence-electron chi connectivity index (χ1n) is 11.2. The minimum atomic E-state index is -1.65. The third-order valence-electron chi connectivity index (χ3n) is 5.41. The summed E-state index contributed by atoms with van der Waals surface area (Å²) in [7, 11) is 0. The molecule has 1 aromatic heterocycles. The SMILES string of the molecule is CCC(C)C(NC(=O)C(CC(=O)O)NC(=O)C(Cc1cnc[nH]1)NC(=O)C(N)CCC(=O)O)C(=O)O. The number of nitrogens with zero attached hydrogens (tertiary/aromatic N) is 1. The molecule has 200 valence electrons. The lowest BCUT2D eigenvalue weighted by atomic mass is 9.98. The van der Waals surface area contributed by atoms with Crippen molar-refractivity contribution in [3.63, 3.8) is 0 Å². The van der Waals surface area contributed by atoms with Crippen molar-refractivity contribution in [2.45, 2.75) is 70.1 Å². The molecule has 0 aromatic carbocycles. The number of aromatic nitrogens is 2. The van der Waals surface area contributed by atoms with Crippen LogP contribution in [0.15, 0.2) is 12.5 Å². The van der Waals surface area contributed by atoms with Gasteiger partial charge in [0.15, 0.2) is 0 Å². The zero-order valence-electron chi connectivity index (χ0n) is 19.9. The largest absolute Gasteiger partial charge is 0.481 e. The highest BCUT2D eigenvalue weighted by Gasteiger charge is 2.33. The summed E-state index contributed by atoms with van der Waals surface area (Å²) in [6, 6.07) is -5.56. The first-order chi connectivity index (χ1) is 16.8. The number of hydrogen-bond acceptors (Lipinski definition) is 8. The Morgan fingerprint density at radius 3 is 2.08 bits per heavy atom. The van der Waals surface area contributed by atoms with Gasteiger partial charge in [0.2, 0.25) is 17.7 Å². The van der Waals surface area contributed by atoms with Gasteiger partial charge in [-0.25, -0.2) is 9.78 Å². The van der Waals surface area contributed by atoms with Gasteiger partial charge in [-0.2, -0.15) is 0 Å². The lowest BCUT2D eigenvalue weighted by Crippen LogP contribution is -2.58. The van der Waals surface area contributed by atoms with E-state index in [2.05, 4.69) is 25.9 Å². The van der Waals surface area contributed by atoms with E-state index < -0.39 is 72.1 Å². The lowest BCUT2D eigenvalue weighted by Gasteiger charge is -2.26.